The summed E-state index contributed by atoms with van der Waals surface area (Å²) < 4.78 is 10.4. The Morgan fingerprint density at radius 3 is 2.45 bits per heavy atom. The highest BCUT2D eigenvalue weighted by atomic mass is 16.5. The number of hydrogen-bond donors (Lipinski definition) is 0. The van der Waals surface area contributed by atoms with Crippen molar-refractivity contribution in [3.63, 3.8) is 0 Å². The smallest absolute Gasteiger partial charge is 0.338 e. The van der Waals surface area contributed by atoms with Crippen LogP contribution < -0.4 is 4.74 Å². The third-order valence-electron chi connectivity index (χ3n) is 3.03. The van der Waals surface area contributed by atoms with Crippen LogP contribution in [0.1, 0.15) is 22.3 Å². The second-order valence-corrected chi connectivity index (χ2v) is 4.41. The Morgan fingerprint density at radius 1 is 1.00 bits per heavy atom. The summed E-state index contributed by atoms with van der Waals surface area (Å²) in [5, 5.41) is 0. The summed E-state index contributed by atoms with van der Waals surface area (Å²) >= 11 is 0. The number of aryl methyl sites for hydroxylation is 1. The first-order valence-corrected chi connectivity index (χ1v) is 6.65. The zero-order valence-corrected chi connectivity index (χ0v) is 11.5. The third kappa shape index (κ3) is 3.85. The quantitative estimate of drug-likeness (QED) is 0.595. The molecule has 2 aromatic carbocycles. The van der Waals surface area contributed by atoms with Gasteiger partial charge < -0.3 is 9.47 Å². The van der Waals surface area contributed by atoms with Crippen LogP contribution in [0, 0.1) is 0 Å². The van der Waals surface area contributed by atoms with Gasteiger partial charge in [0.05, 0.1) is 19.3 Å². The highest BCUT2D eigenvalue weighted by Crippen LogP contribution is 2.13. The van der Waals surface area contributed by atoms with Crippen LogP contribution in [0.5, 0.6) is 5.75 Å². The molecule has 0 aliphatic rings. The van der Waals surface area contributed by atoms with Crippen molar-refractivity contribution in [3.8, 4) is 5.75 Å². The monoisotopic (exact) mass is 270 g/mol. The molecule has 3 heteroatoms. The molecule has 0 aromatic heterocycles. The highest BCUT2D eigenvalue weighted by molar-refractivity contribution is 5.90. The van der Waals surface area contributed by atoms with Gasteiger partial charge in [0.1, 0.15) is 5.75 Å². The van der Waals surface area contributed by atoms with Crippen molar-refractivity contribution in [2.45, 2.75) is 12.8 Å². The minimum atomic E-state index is -0.287. The lowest BCUT2D eigenvalue weighted by Gasteiger charge is -2.08. The standard InChI is InChI=1S/C17H18O3/c1-19-17(18)16-12-6-5-8-14(16)9-7-13-20-15-10-3-2-4-11-15/h2-6,8,10-12H,7,9,13H2,1H3. The minimum Gasteiger partial charge on any atom is -0.494 e. The van der Waals surface area contributed by atoms with E-state index in [1.165, 1.54) is 7.11 Å². The van der Waals surface area contributed by atoms with Crippen molar-refractivity contribution in [3.05, 3.63) is 65.7 Å². The van der Waals surface area contributed by atoms with Crippen LogP contribution in [-0.4, -0.2) is 19.7 Å². The van der Waals surface area contributed by atoms with E-state index >= 15 is 0 Å². The molecule has 0 atom stereocenters. The Hall–Kier alpha value is -2.29. The molecule has 2 rings (SSSR count). The van der Waals surface area contributed by atoms with E-state index in [1.807, 2.05) is 48.5 Å². The number of benzene rings is 2. The molecule has 0 aliphatic heterocycles. The number of methoxy groups -OCH3 is 1. The van der Waals surface area contributed by atoms with Crippen LogP contribution in [0.25, 0.3) is 0 Å². The van der Waals surface area contributed by atoms with Crippen LogP contribution in [0.3, 0.4) is 0 Å². The molecule has 2 aromatic rings. The van der Waals surface area contributed by atoms with Gasteiger partial charge in [0.2, 0.25) is 0 Å². The summed E-state index contributed by atoms with van der Waals surface area (Å²) in [7, 11) is 1.40. The number of rotatable bonds is 6. The van der Waals surface area contributed by atoms with E-state index in [4.69, 9.17) is 9.47 Å². The van der Waals surface area contributed by atoms with Crippen LogP contribution >= 0.6 is 0 Å². The average Bonchev–Trinajstić information content (AvgIpc) is 2.52. The Balaban J connectivity index is 1.87. The SMILES string of the molecule is COC(=O)c1ccccc1CCCOc1ccccc1. The summed E-state index contributed by atoms with van der Waals surface area (Å²) in [6.07, 6.45) is 1.64. The van der Waals surface area contributed by atoms with E-state index in [0.29, 0.717) is 12.2 Å². The summed E-state index contributed by atoms with van der Waals surface area (Å²) in [5.74, 6) is 0.582. The van der Waals surface area contributed by atoms with E-state index in [2.05, 4.69) is 0 Å². The van der Waals surface area contributed by atoms with Crippen molar-refractivity contribution in [2.24, 2.45) is 0 Å². The van der Waals surface area contributed by atoms with E-state index in [1.54, 1.807) is 6.07 Å². The van der Waals surface area contributed by atoms with E-state index in [0.717, 1.165) is 24.2 Å². The van der Waals surface area contributed by atoms with Gasteiger partial charge in [0, 0.05) is 0 Å². The molecule has 0 bridgehead atoms. The van der Waals surface area contributed by atoms with Crippen molar-refractivity contribution in [1.82, 2.24) is 0 Å². The number of para-hydroxylation sites is 1. The largest absolute Gasteiger partial charge is 0.494 e. The molecule has 0 fully saturated rings. The Labute approximate surface area is 119 Å². The van der Waals surface area contributed by atoms with Crippen molar-refractivity contribution >= 4 is 5.97 Å². The van der Waals surface area contributed by atoms with Gasteiger partial charge in [-0.15, -0.1) is 0 Å². The second kappa shape index (κ2) is 7.34. The molecule has 0 spiro atoms. The third-order valence-corrected chi connectivity index (χ3v) is 3.03. The van der Waals surface area contributed by atoms with E-state index in [-0.39, 0.29) is 5.97 Å². The molecule has 0 N–H and O–H groups in total. The van der Waals surface area contributed by atoms with Gasteiger partial charge in [0.15, 0.2) is 0 Å². The summed E-state index contributed by atoms with van der Waals surface area (Å²) in [6, 6.07) is 17.2. The Kier molecular flexibility index (Phi) is 5.18. The lowest BCUT2D eigenvalue weighted by atomic mass is 10.0. The zero-order chi connectivity index (χ0) is 14.2. The average molecular weight is 270 g/mol. The van der Waals surface area contributed by atoms with Crippen LogP contribution in [0.2, 0.25) is 0 Å². The summed E-state index contributed by atoms with van der Waals surface area (Å²) in [4.78, 5) is 11.6. The van der Waals surface area contributed by atoms with Gasteiger partial charge in [-0.3, -0.25) is 0 Å². The lowest BCUT2D eigenvalue weighted by molar-refractivity contribution is 0.0599. The van der Waals surface area contributed by atoms with Gasteiger partial charge in [0.25, 0.3) is 0 Å². The maximum atomic E-state index is 11.6. The predicted molar refractivity (Wildman–Crippen MR) is 78.0 cm³/mol. The van der Waals surface area contributed by atoms with Crippen molar-refractivity contribution in [1.29, 1.82) is 0 Å². The molecule has 0 radical (unpaired) electrons. The van der Waals surface area contributed by atoms with Crippen LogP contribution in [0.4, 0.5) is 0 Å². The van der Waals surface area contributed by atoms with E-state index < -0.39 is 0 Å². The Morgan fingerprint density at radius 2 is 1.70 bits per heavy atom. The molecule has 0 heterocycles. The zero-order valence-electron chi connectivity index (χ0n) is 11.5. The molecule has 104 valence electrons. The second-order valence-electron chi connectivity index (χ2n) is 4.41. The van der Waals surface area contributed by atoms with E-state index in [9.17, 15) is 4.79 Å². The molecular formula is C17H18O3. The first-order valence-electron chi connectivity index (χ1n) is 6.65. The predicted octanol–water partition coefficient (Wildman–Crippen LogP) is 3.48. The maximum Gasteiger partial charge on any atom is 0.338 e. The highest BCUT2D eigenvalue weighted by Gasteiger charge is 2.10. The van der Waals surface area contributed by atoms with Crippen LogP contribution in [0.15, 0.2) is 54.6 Å². The maximum absolute atomic E-state index is 11.6. The molecule has 0 saturated heterocycles. The number of esters is 1. The van der Waals surface area contributed by atoms with Gasteiger partial charge >= 0.3 is 5.97 Å². The normalized spacial score (nSPS) is 10.1. The van der Waals surface area contributed by atoms with Gasteiger partial charge in [-0.05, 0) is 36.6 Å². The molecule has 0 aliphatic carbocycles. The topological polar surface area (TPSA) is 35.5 Å². The summed E-state index contributed by atoms with van der Waals surface area (Å²) in [5.41, 5.74) is 1.63. The molecule has 3 nitrogen and oxygen atoms in total. The molecule has 0 unspecified atom stereocenters. The number of ether oxygens (including phenoxy) is 2. The minimum absolute atomic E-state index is 0.287. The molecular weight excluding hydrogens is 252 g/mol. The van der Waals surface area contributed by atoms with Gasteiger partial charge in [-0.1, -0.05) is 36.4 Å². The fourth-order valence-electron chi connectivity index (χ4n) is 2.02. The number of hydrogen-bond acceptors (Lipinski definition) is 3. The fourth-order valence-corrected chi connectivity index (χ4v) is 2.02. The fraction of sp³-hybridized carbons (Fsp3) is 0.235. The van der Waals surface area contributed by atoms with Gasteiger partial charge in [-0.25, -0.2) is 4.79 Å². The van der Waals surface area contributed by atoms with Crippen molar-refractivity contribution in [2.75, 3.05) is 13.7 Å². The number of carbonyl (C=O) groups is 1. The van der Waals surface area contributed by atoms with Crippen LogP contribution in [-0.2, 0) is 11.2 Å². The molecule has 0 saturated carbocycles. The van der Waals surface area contributed by atoms with Gasteiger partial charge in [-0.2, -0.15) is 0 Å². The number of carbonyl (C=O) groups excluding carboxylic acids is 1. The van der Waals surface area contributed by atoms with Crippen molar-refractivity contribution < 1.29 is 14.3 Å². The summed E-state index contributed by atoms with van der Waals surface area (Å²) in [6.45, 7) is 0.625. The first kappa shape index (κ1) is 14.1. The first-order chi connectivity index (χ1) is 9.81. The molecule has 20 heavy (non-hydrogen) atoms. The Bertz CT molecular complexity index is 549. The lowest BCUT2D eigenvalue weighted by Crippen LogP contribution is -2.07. The molecule has 0 amide bonds.